The second kappa shape index (κ2) is 3.63. The molecule has 0 radical (unpaired) electrons. The first-order valence-electron chi connectivity index (χ1n) is 5.49. The van der Waals surface area contributed by atoms with E-state index < -0.39 is 0 Å². The van der Waals surface area contributed by atoms with Gasteiger partial charge in [-0.3, -0.25) is 4.98 Å². The Morgan fingerprint density at radius 1 is 1.20 bits per heavy atom. The highest BCUT2D eigenvalue weighted by molar-refractivity contribution is 9.10. The summed E-state index contributed by atoms with van der Waals surface area (Å²) in [6, 6.07) is 2.12. The molecule has 0 amide bonds. The van der Waals surface area contributed by atoms with Gasteiger partial charge in [-0.15, -0.1) is 0 Å². The first-order valence-corrected chi connectivity index (χ1v) is 6.29. The summed E-state index contributed by atoms with van der Waals surface area (Å²) in [4.78, 5) is 8.02. The topological polar surface area (TPSA) is 28.7 Å². The summed E-state index contributed by atoms with van der Waals surface area (Å²) < 4.78 is 1.05. The van der Waals surface area contributed by atoms with Crippen LogP contribution in [-0.4, -0.2) is 9.97 Å². The Balaban J connectivity index is 2.23. The van der Waals surface area contributed by atoms with Crippen molar-refractivity contribution in [1.82, 2.24) is 9.97 Å². The molecule has 1 N–H and O–H groups in total. The Morgan fingerprint density at radius 2 is 2.07 bits per heavy atom. The molecule has 0 saturated heterocycles. The van der Waals surface area contributed by atoms with Gasteiger partial charge in [0.25, 0.3) is 0 Å². The number of rotatable bonds is 0. The molecule has 3 rings (SSSR count). The molecule has 78 valence electrons. The number of nitrogens with one attached hydrogen (secondary N) is 1. The van der Waals surface area contributed by atoms with Crippen LogP contribution in [0.5, 0.6) is 0 Å². The number of aromatic amines is 1. The van der Waals surface area contributed by atoms with Crippen molar-refractivity contribution < 1.29 is 0 Å². The lowest BCUT2D eigenvalue weighted by atomic mass is 10.1. The molecular weight excluding hydrogens is 252 g/mol. The van der Waals surface area contributed by atoms with Crippen molar-refractivity contribution in [2.24, 2.45) is 0 Å². The fourth-order valence-corrected chi connectivity index (χ4v) is 2.75. The van der Waals surface area contributed by atoms with E-state index in [2.05, 4.69) is 32.0 Å². The number of pyridine rings is 1. The molecule has 15 heavy (non-hydrogen) atoms. The van der Waals surface area contributed by atoms with Crippen molar-refractivity contribution in [3.63, 3.8) is 0 Å². The van der Waals surface area contributed by atoms with Crippen LogP contribution in [-0.2, 0) is 12.8 Å². The van der Waals surface area contributed by atoms with Crippen LogP contribution >= 0.6 is 15.9 Å². The van der Waals surface area contributed by atoms with Crippen LogP contribution in [0.25, 0.3) is 11.0 Å². The summed E-state index contributed by atoms with van der Waals surface area (Å²) in [7, 11) is 0. The smallest absolute Gasteiger partial charge is 0.0914 e. The summed E-state index contributed by atoms with van der Waals surface area (Å²) in [6.07, 6.45) is 8.22. The SMILES string of the molecule is Brc1cnc2c3c([nH]c2c1)CCCCC3. The zero-order valence-corrected chi connectivity index (χ0v) is 10.1. The Labute approximate surface area is 97.2 Å². The fourth-order valence-electron chi connectivity index (χ4n) is 2.42. The number of aromatic nitrogens is 2. The lowest BCUT2D eigenvalue weighted by molar-refractivity contribution is 0.708. The number of hydrogen-bond acceptors (Lipinski definition) is 1. The normalized spacial score (nSPS) is 16.3. The van der Waals surface area contributed by atoms with E-state index in [1.807, 2.05) is 6.20 Å². The minimum absolute atomic E-state index is 1.05. The monoisotopic (exact) mass is 264 g/mol. The largest absolute Gasteiger partial charge is 0.357 e. The lowest BCUT2D eigenvalue weighted by Crippen LogP contribution is -1.87. The van der Waals surface area contributed by atoms with E-state index in [0.717, 1.165) is 4.47 Å². The van der Waals surface area contributed by atoms with Crippen LogP contribution in [0.2, 0.25) is 0 Å². The average molecular weight is 265 g/mol. The molecule has 0 bridgehead atoms. The van der Waals surface area contributed by atoms with Crippen LogP contribution in [0, 0.1) is 0 Å². The number of aryl methyl sites for hydroxylation is 2. The Hall–Kier alpha value is -0.830. The van der Waals surface area contributed by atoms with Crippen molar-refractivity contribution in [3.05, 3.63) is 28.0 Å². The van der Waals surface area contributed by atoms with Crippen LogP contribution in [0.1, 0.15) is 30.5 Å². The van der Waals surface area contributed by atoms with Gasteiger partial charge in [-0.2, -0.15) is 0 Å². The first-order chi connectivity index (χ1) is 7.34. The number of fused-ring (bicyclic) bond motifs is 3. The third-order valence-corrected chi connectivity index (χ3v) is 3.58. The molecule has 2 heterocycles. The Kier molecular flexibility index (Phi) is 2.28. The van der Waals surface area contributed by atoms with Gasteiger partial charge in [-0.1, -0.05) is 6.42 Å². The third-order valence-electron chi connectivity index (χ3n) is 3.14. The molecule has 2 aromatic heterocycles. The number of halogens is 1. The van der Waals surface area contributed by atoms with Crippen molar-refractivity contribution in [2.45, 2.75) is 32.1 Å². The summed E-state index contributed by atoms with van der Waals surface area (Å²) in [5, 5.41) is 0. The lowest BCUT2D eigenvalue weighted by Gasteiger charge is -1.96. The van der Waals surface area contributed by atoms with Crippen molar-refractivity contribution >= 4 is 27.0 Å². The van der Waals surface area contributed by atoms with Crippen LogP contribution < -0.4 is 0 Å². The molecular formula is C12H13BrN2. The Bertz CT molecular complexity index is 502. The standard InChI is InChI=1S/C12H13BrN2/c13-8-6-11-12(14-7-8)9-4-2-1-3-5-10(9)15-11/h6-7,15H,1-5H2. The van der Waals surface area contributed by atoms with Gasteiger partial charge in [0.1, 0.15) is 0 Å². The van der Waals surface area contributed by atoms with Crippen LogP contribution in [0.15, 0.2) is 16.7 Å². The maximum Gasteiger partial charge on any atom is 0.0914 e. The molecule has 0 fully saturated rings. The molecule has 0 unspecified atom stereocenters. The molecule has 0 spiro atoms. The molecule has 2 nitrogen and oxygen atoms in total. The highest BCUT2D eigenvalue weighted by Gasteiger charge is 2.14. The number of H-pyrrole nitrogens is 1. The summed E-state index contributed by atoms with van der Waals surface area (Å²) >= 11 is 3.46. The Morgan fingerprint density at radius 3 is 3.00 bits per heavy atom. The first kappa shape index (κ1) is 9.40. The van der Waals surface area contributed by atoms with Gasteiger partial charge >= 0.3 is 0 Å². The van der Waals surface area contributed by atoms with Gasteiger partial charge in [0, 0.05) is 16.4 Å². The highest BCUT2D eigenvalue weighted by Crippen LogP contribution is 2.28. The fraction of sp³-hybridized carbons (Fsp3) is 0.417. The molecule has 0 aromatic carbocycles. The van der Waals surface area contributed by atoms with E-state index in [0.29, 0.717) is 0 Å². The van der Waals surface area contributed by atoms with E-state index in [9.17, 15) is 0 Å². The molecule has 1 aliphatic rings. The van der Waals surface area contributed by atoms with E-state index >= 15 is 0 Å². The van der Waals surface area contributed by atoms with Gasteiger partial charge in [0.05, 0.1) is 11.0 Å². The van der Waals surface area contributed by atoms with Crippen molar-refractivity contribution in [2.75, 3.05) is 0 Å². The maximum atomic E-state index is 4.52. The summed E-state index contributed by atoms with van der Waals surface area (Å²) in [5.41, 5.74) is 5.22. The van der Waals surface area contributed by atoms with Crippen LogP contribution in [0.3, 0.4) is 0 Å². The van der Waals surface area contributed by atoms with Crippen LogP contribution in [0.4, 0.5) is 0 Å². The average Bonchev–Trinajstić information content (AvgIpc) is 2.42. The predicted octanol–water partition coefficient (Wildman–Crippen LogP) is 3.59. The van der Waals surface area contributed by atoms with E-state index in [4.69, 9.17) is 0 Å². The van der Waals surface area contributed by atoms with E-state index in [1.165, 1.54) is 54.4 Å². The zero-order valence-electron chi connectivity index (χ0n) is 8.52. The maximum absolute atomic E-state index is 4.52. The predicted molar refractivity (Wildman–Crippen MR) is 65.1 cm³/mol. The minimum atomic E-state index is 1.05. The summed E-state index contributed by atoms with van der Waals surface area (Å²) in [6.45, 7) is 0. The molecule has 1 aliphatic carbocycles. The second-order valence-corrected chi connectivity index (χ2v) is 5.11. The molecule has 0 saturated carbocycles. The quantitative estimate of drug-likeness (QED) is 0.724. The second-order valence-electron chi connectivity index (χ2n) is 4.19. The number of hydrogen-bond donors (Lipinski definition) is 1. The zero-order chi connectivity index (χ0) is 10.3. The van der Waals surface area contributed by atoms with Crippen molar-refractivity contribution in [3.8, 4) is 0 Å². The number of nitrogens with zero attached hydrogens (tertiary/aromatic N) is 1. The van der Waals surface area contributed by atoms with Gasteiger partial charge in [-0.25, -0.2) is 0 Å². The van der Waals surface area contributed by atoms with Gasteiger partial charge in [-0.05, 0) is 53.2 Å². The highest BCUT2D eigenvalue weighted by atomic mass is 79.9. The minimum Gasteiger partial charge on any atom is -0.357 e. The summed E-state index contributed by atoms with van der Waals surface area (Å²) in [5.74, 6) is 0. The van der Waals surface area contributed by atoms with Gasteiger partial charge < -0.3 is 4.98 Å². The van der Waals surface area contributed by atoms with Crippen molar-refractivity contribution in [1.29, 1.82) is 0 Å². The third kappa shape index (κ3) is 1.59. The molecule has 3 heteroatoms. The van der Waals surface area contributed by atoms with E-state index in [1.54, 1.807) is 0 Å². The van der Waals surface area contributed by atoms with Gasteiger partial charge in [0.15, 0.2) is 0 Å². The van der Waals surface area contributed by atoms with Gasteiger partial charge in [0.2, 0.25) is 0 Å². The molecule has 2 aromatic rings. The molecule has 0 aliphatic heterocycles. The molecule has 0 atom stereocenters. The van der Waals surface area contributed by atoms with E-state index in [-0.39, 0.29) is 0 Å².